The van der Waals surface area contributed by atoms with Gasteiger partial charge in [-0.05, 0) is 105 Å². The molecule has 3 aromatic rings. The molecule has 0 aliphatic heterocycles. The van der Waals surface area contributed by atoms with Crippen LogP contribution in [-0.2, 0) is 32.8 Å². The van der Waals surface area contributed by atoms with E-state index in [1.807, 2.05) is 20.8 Å². The largest absolute Gasteiger partial charge is 1.00 e. The number of carbonyl (C=O) groups excluding carboxylic acids is 4. The summed E-state index contributed by atoms with van der Waals surface area (Å²) in [5, 5.41) is 10.4. The van der Waals surface area contributed by atoms with Crippen molar-refractivity contribution in [1.82, 2.24) is 0 Å². The number of amides is 3. The first-order valence-electron chi connectivity index (χ1n) is 14.9. The van der Waals surface area contributed by atoms with Gasteiger partial charge >= 0.3 is 49.9 Å². The molecule has 0 heterocycles. The molecule has 10 nitrogen and oxygen atoms in total. The zero-order chi connectivity index (χ0) is 38.0. The molecule has 3 amide bonds. The summed E-state index contributed by atoms with van der Waals surface area (Å²) in [7, 11) is 0. The van der Waals surface area contributed by atoms with E-state index in [1.165, 1.54) is 6.07 Å². The molecule has 0 bridgehead atoms. The van der Waals surface area contributed by atoms with Crippen molar-refractivity contribution in [2.45, 2.75) is 93.5 Å². The molecule has 0 aliphatic rings. The van der Waals surface area contributed by atoms with Crippen LogP contribution < -0.4 is 48.4 Å². The minimum atomic E-state index is -0.624. The minimum Gasteiger partial charge on any atom is -0.612 e. The van der Waals surface area contributed by atoms with Crippen molar-refractivity contribution in [3.8, 4) is 0 Å². The predicted molar refractivity (Wildman–Crippen MR) is 205 cm³/mol. The van der Waals surface area contributed by atoms with E-state index in [0.717, 1.165) is 0 Å². The van der Waals surface area contributed by atoms with E-state index >= 15 is 0 Å². The number of hydrogen-bond acceptors (Lipinski definition) is 7. The van der Waals surface area contributed by atoms with Crippen molar-refractivity contribution in [2.75, 3.05) is 10.6 Å². The molecule has 0 atom stereocenters. The van der Waals surface area contributed by atoms with Crippen LogP contribution in [0.5, 0.6) is 0 Å². The van der Waals surface area contributed by atoms with E-state index in [0.29, 0.717) is 44.0 Å². The number of halogens is 3. The first-order valence-corrected chi connectivity index (χ1v) is 16.0. The van der Waals surface area contributed by atoms with Crippen LogP contribution in [0.15, 0.2) is 60.7 Å². The predicted octanol–water partition coefficient (Wildman–Crippen LogP) is 6.75. The molecule has 0 aromatic heterocycles. The third-order valence-electron chi connectivity index (χ3n) is 4.63. The van der Waals surface area contributed by atoms with Gasteiger partial charge in [0.1, 0.15) is 16.8 Å². The fourth-order valence-corrected chi connectivity index (χ4v) is 3.39. The molecule has 3 aromatic carbocycles. The zero-order valence-electron chi connectivity index (χ0n) is 31.9. The van der Waals surface area contributed by atoms with Crippen molar-refractivity contribution in [1.29, 1.82) is 0 Å². The van der Waals surface area contributed by atoms with Crippen molar-refractivity contribution < 1.29 is 89.7 Å². The van der Waals surface area contributed by atoms with Gasteiger partial charge in [-0.1, -0.05) is 35.7 Å². The monoisotopic (exact) mass is 817 g/mol. The van der Waals surface area contributed by atoms with E-state index in [-0.39, 0.29) is 63.7 Å². The average Bonchev–Trinajstić information content (AvgIpc) is 2.95. The Morgan fingerprint density at radius 1 is 0.698 bits per heavy atom. The maximum absolute atomic E-state index is 11.5. The normalized spacial score (nSPS) is 9.77. The molecule has 0 saturated carbocycles. The van der Waals surface area contributed by atoms with Gasteiger partial charge in [0.05, 0.1) is 5.69 Å². The zero-order valence-corrected chi connectivity index (χ0v) is 35.6. The van der Waals surface area contributed by atoms with Gasteiger partial charge in [0.25, 0.3) is 0 Å². The van der Waals surface area contributed by atoms with Gasteiger partial charge in [0, 0.05) is 39.9 Å². The molecule has 0 fully saturated rings. The third-order valence-corrected chi connectivity index (χ3v) is 5.35. The number of nitrogens with zero attached hydrogens (tertiary/aromatic N) is 1. The van der Waals surface area contributed by atoms with Crippen LogP contribution >= 0.6 is 34.8 Å². The Morgan fingerprint density at radius 3 is 1.55 bits per heavy atom. The number of nitrogens with one attached hydrogen (secondary N) is 2. The molecule has 0 saturated heterocycles. The van der Waals surface area contributed by atoms with Crippen molar-refractivity contribution >= 4 is 76.4 Å². The summed E-state index contributed by atoms with van der Waals surface area (Å²) in [6, 6.07) is 19.0. The summed E-state index contributed by atoms with van der Waals surface area (Å²) >= 11 is 17.1. The van der Waals surface area contributed by atoms with E-state index in [1.54, 1.807) is 103 Å². The molecule has 0 spiro atoms. The van der Waals surface area contributed by atoms with Gasteiger partial charge in [-0.2, -0.15) is 42.8 Å². The van der Waals surface area contributed by atoms with E-state index in [9.17, 15) is 19.2 Å². The second-order valence-corrected chi connectivity index (χ2v) is 13.9. The molecular formula is C37H49Cl3Li2N3O7V-. The van der Waals surface area contributed by atoms with Gasteiger partial charge < -0.3 is 26.5 Å². The van der Waals surface area contributed by atoms with Crippen LogP contribution in [0, 0.1) is 13.0 Å². The smallest absolute Gasteiger partial charge is 0.612 e. The molecule has 0 unspecified atom stereocenters. The van der Waals surface area contributed by atoms with Crippen LogP contribution in [-0.4, -0.2) is 41.4 Å². The number of carbonyl (C=O) groups is 4. The Hall–Kier alpha value is -2.21. The van der Waals surface area contributed by atoms with E-state index in [4.69, 9.17) is 49.0 Å². The number of hydrogen-bond donors (Lipinski definition) is 2. The number of aldehydes is 1. The molecule has 1 radical (unpaired) electrons. The third kappa shape index (κ3) is 31.8. The van der Waals surface area contributed by atoms with Gasteiger partial charge in [-0.3, -0.25) is 25.9 Å². The summed E-state index contributed by atoms with van der Waals surface area (Å²) in [6.45, 7) is 21.1. The van der Waals surface area contributed by atoms with Gasteiger partial charge in [0.2, 0.25) is 6.09 Å². The molecule has 3 rings (SSSR count). The number of anilines is 2. The Morgan fingerprint density at radius 2 is 1.13 bits per heavy atom. The van der Waals surface area contributed by atoms with Crippen LogP contribution in [0.25, 0.3) is 5.32 Å². The average molecular weight is 819 g/mol. The fourth-order valence-electron chi connectivity index (χ4n) is 2.96. The van der Waals surface area contributed by atoms with Crippen LogP contribution in [0.2, 0.25) is 15.1 Å². The maximum Gasteiger partial charge on any atom is 1.00 e. The first-order chi connectivity index (χ1) is 22.5. The van der Waals surface area contributed by atoms with E-state index in [2.05, 4.69) is 28.9 Å². The minimum absolute atomic E-state index is 0. The molecule has 53 heavy (non-hydrogen) atoms. The summed E-state index contributed by atoms with van der Waals surface area (Å²) in [5.41, 5.74) is 0.144. The van der Waals surface area contributed by atoms with Gasteiger partial charge in [-0.25, -0.2) is 9.59 Å². The number of rotatable bonds is 4. The van der Waals surface area contributed by atoms with Gasteiger partial charge in [0.15, 0.2) is 6.29 Å². The quantitative estimate of drug-likeness (QED) is 0.129. The summed E-state index contributed by atoms with van der Waals surface area (Å²) in [5.74, 6) is 0. The fraction of sp³-hybridized carbons (Fsp3) is 0.378. The molecule has 0 aliphatic carbocycles. The molecule has 16 heteroatoms. The Balaban J connectivity index is -0.000000205. The Labute approximate surface area is 367 Å². The topological polar surface area (TPSA) is 134 Å². The van der Waals surface area contributed by atoms with Crippen molar-refractivity contribution in [3.63, 3.8) is 0 Å². The standard InChI is InChI=1S/C12H14ClNO3.C11H14ClNO2.C11H13ClNO2.C2H5.CH4.2Li.V/c1-12(2,3)17-11(16)14-10-5-4-9(13)6-8(10)7-15;2*1-11(2,3)15-10(14)13-9-6-4-8(12)5-7-9;1-2;;;;/h4-7H,1-3H3,(H,14,16);4-7H,1-3H3,(H,13,14);4-6H,1-3H3,(H,13,14);1H2,2H3;1H4;;;/q;;2*-1;;2*+1;/p-1. The Kier molecular flexibility index (Phi) is 33.0. The van der Waals surface area contributed by atoms with Crippen molar-refractivity contribution in [2.24, 2.45) is 0 Å². The number of benzene rings is 3. The second-order valence-electron chi connectivity index (χ2n) is 12.6. The van der Waals surface area contributed by atoms with Crippen molar-refractivity contribution in [3.05, 3.63) is 99.6 Å². The molecule has 2 N–H and O–H groups in total. The SMILES string of the molecule is C.CC(C)(C)OC(=O)Nc1ccc(Cl)cc1.CC(C)(C)OC(=O)Nc1ccc(Cl)cc1C=O.CC(C)(C)OC(=O)[N-]c1[c-]cc(Cl)cc1.[CH2-]C.[Li+].[Li+].[V]. The van der Waals surface area contributed by atoms with Gasteiger partial charge in [-0.15, -0.1) is 0 Å². The van der Waals surface area contributed by atoms with Crippen LogP contribution in [0.3, 0.4) is 0 Å². The second kappa shape index (κ2) is 29.1. The van der Waals surface area contributed by atoms with Crippen LogP contribution in [0.1, 0.15) is 87.0 Å². The Bertz CT molecular complexity index is 1430. The first kappa shape index (κ1) is 60.1. The molecular weight excluding hydrogens is 770 g/mol. The molecule has 283 valence electrons. The maximum atomic E-state index is 11.5. The summed E-state index contributed by atoms with van der Waals surface area (Å²) < 4.78 is 15.2. The summed E-state index contributed by atoms with van der Waals surface area (Å²) in [6.07, 6.45) is -1.08. The number of ether oxygens (including phenoxy) is 3. The van der Waals surface area contributed by atoms with E-state index < -0.39 is 35.1 Å². The summed E-state index contributed by atoms with van der Waals surface area (Å²) in [4.78, 5) is 44.9. The van der Waals surface area contributed by atoms with Crippen LogP contribution in [0.4, 0.5) is 31.4 Å².